The van der Waals surface area contributed by atoms with Gasteiger partial charge >= 0.3 is 50.4 Å². The van der Waals surface area contributed by atoms with Crippen LogP contribution in [0, 0.1) is 10.8 Å². The molecule has 0 spiro atoms. The molecule has 0 aromatic rings. The van der Waals surface area contributed by atoms with Crippen LogP contribution in [0.25, 0.3) is 5.73 Å². The minimum atomic E-state index is -5.02. The third-order valence-electron chi connectivity index (χ3n) is 0.459. The molecule has 0 aromatic carbocycles. The summed E-state index contributed by atoms with van der Waals surface area (Å²) in [6.45, 7) is 0. The van der Waals surface area contributed by atoms with Crippen LogP contribution in [0.1, 0.15) is 0 Å². The van der Waals surface area contributed by atoms with E-state index in [4.69, 9.17) is 31.4 Å². The van der Waals surface area contributed by atoms with Gasteiger partial charge in [0.2, 0.25) is 0 Å². The van der Waals surface area contributed by atoms with Crippen LogP contribution in [0.3, 0.4) is 0 Å². The van der Waals surface area contributed by atoms with Crippen LogP contribution < -0.4 is 40.6 Å². The van der Waals surface area contributed by atoms with E-state index in [0.717, 1.165) is 0 Å². The van der Waals surface area contributed by atoms with Gasteiger partial charge in [-0.05, 0) is 0 Å². The van der Waals surface area contributed by atoms with E-state index in [1.54, 1.807) is 0 Å². The first-order valence-electron chi connectivity index (χ1n) is 3.07. The summed E-state index contributed by atoms with van der Waals surface area (Å²) >= 11 is 0. The molecule has 0 fully saturated rings. The van der Waals surface area contributed by atoms with Gasteiger partial charge in [-0.3, -0.25) is 14.5 Å². The van der Waals surface area contributed by atoms with Crippen LogP contribution in [0.4, 0.5) is 0 Å². The predicted octanol–water partition coefficient (Wildman–Crippen LogP) is -5.00. The van der Waals surface area contributed by atoms with Gasteiger partial charge < -0.3 is 22.2 Å². The average Bonchev–Trinajstić information content (AvgIpc) is 1.96. The zero-order valence-corrected chi connectivity index (χ0v) is 12.4. The Labute approximate surface area is 124 Å². The largest absolute Gasteiger partial charge is 1.00 e. The van der Waals surface area contributed by atoms with E-state index in [0.29, 0.717) is 0 Å². The molecule has 0 radical (unpaired) electrons. The van der Waals surface area contributed by atoms with E-state index in [9.17, 15) is 16.8 Å². The molecule has 0 bridgehead atoms. The molecule has 0 saturated carbocycles. The fourth-order valence-corrected chi connectivity index (χ4v) is 0.767. The Kier molecular flexibility index (Phi) is 11.8. The fraction of sp³-hybridized carbons (Fsp3) is 0. The molecule has 0 aliphatic carbocycles. The smallest absolute Gasteiger partial charge is 0.411 e. The Morgan fingerprint density at radius 1 is 1.11 bits per heavy atom. The molecule has 0 aliphatic rings. The maximum Gasteiger partial charge on any atom is 1.00 e. The normalized spacial score (nSPS) is 10.3. The van der Waals surface area contributed by atoms with E-state index in [1.807, 2.05) is 5.32 Å². The number of hydrogen-bond acceptors (Lipinski definition) is 8. The first kappa shape index (κ1) is 22.6. The second kappa shape index (κ2) is 9.42. The average molecular weight is 317 g/mol. The van der Waals surface area contributed by atoms with Gasteiger partial charge in [-0.1, -0.05) is 8.67 Å². The van der Waals surface area contributed by atoms with Gasteiger partial charge in [-0.25, -0.2) is 0 Å². The number of rotatable bonds is 3. The molecule has 16 heteroatoms. The number of guanidine groups is 2. The first-order chi connectivity index (χ1) is 7.33. The Bertz CT molecular complexity index is 426. The van der Waals surface area contributed by atoms with Gasteiger partial charge in [0.05, 0.1) is 0 Å². The molecule has 0 aliphatic heterocycles. The molecular formula is C2H8N5NaO8S2. The van der Waals surface area contributed by atoms with Gasteiger partial charge in [0.15, 0.2) is 0 Å². The van der Waals surface area contributed by atoms with Crippen LogP contribution in [-0.2, 0) is 29.5 Å². The molecule has 0 heterocycles. The monoisotopic (exact) mass is 317 g/mol. The van der Waals surface area contributed by atoms with E-state index in [-0.39, 0.29) is 35.5 Å². The van der Waals surface area contributed by atoms with Gasteiger partial charge in [0.1, 0.15) is 5.96 Å². The minimum Gasteiger partial charge on any atom is -0.411 e. The van der Waals surface area contributed by atoms with Crippen molar-refractivity contribution in [1.82, 2.24) is 5.32 Å². The van der Waals surface area contributed by atoms with Gasteiger partial charge in [-0.2, -0.15) is 16.8 Å². The molecule has 102 valence electrons. The second-order valence-electron chi connectivity index (χ2n) is 1.91. The molecule has 0 amide bonds. The van der Waals surface area contributed by atoms with Crippen molar-refractivity contribution in [2.75, 3.05) is 0 Å². The quantitative estimate of drug-likeness (QED) is 0.0723. The van der Waals surface area contributed by atoms with Crippen molar-refractivity contribution >= 4 is 32.7 Å². The Hall–Kier alpha value is -0.520. The van der Waals surface area contributed by atoms with Crippen molar-refractivity contribution in [3.05, 3.63) is 5.73 Å². The van der Waals surface area contributed by atoms with Crippen LogP contribution in [0.2, 0.25) is 0 Å². The Morgan fingerprint density at radius 2 is 1.39 bits per heavy atom. The van der Waals surface area contributed by atoms with Crippen molar-refractivity contribution < 1.29 is 64.2 Å². The number of hydrogen-bond donors (Lipinski definition) is 6. The van der Waals surface area contributed by atoms with E-state index < -0.39 is 26.8 Å². The summed E-state index contributed by atoms with van der Waals surface area (Å²) in [5.41, 5.74) is 11.1. The van der Waals surface area contributed by atoms with Crippen LogP contribution in [0.5, 0.6) is 0 Å². The molecule has 0 aromatic heterocycles. The zero-order chi connectivity index (χ0) is 14.3. The second-order valence-corrected chi connectivity index (χ2v) is 3.89. The summed E-state index contributed by atoms with van der Waals surface area (Å²) < 4.78 is 58.9. The van der Waals surface area contributed by atoms with Crippen molar-refractivity contribution in [1.29, 1.82) is 10.8 Å². The topological polar surface area (TPSA) is 237 Å². The third-order valence-corrected chi connectivity index (χ3v) is 1.03. The maximum atomic E-state index is 9.51. The molecule has 18 heavy (non-hydrogen) atoms. The van der Waals surface area contributed by atoms with Gasteiger partial charge in [0, 0.05) is 5.96 Å². The van der Waals surface area contributed by atoms with Crippen molar-refractivity contribution in [2.24, 2.45) is 5.73 Å². The molecule has 0 unspecified atom stereocenters. The van der Waals surface area contributed by atoms with Gasteiger partial charge in [0.25, 0.3) is 0 Å². The number of nitrogens with one attached hydrogen (secondary N) is 4. The van der Waals surface area contributed by atoms with Crippen LogP contribution in [-0.4, -0.2) is 37.9 Å². The minimum absolute atomic E-state index is 0. The van der Waals surface area contributed by atoms with Crippen LogP contribution >= 0.6 is 0 Å². The van der Waals surface area contributed by atoms with Crippen molar-refractivity contribution in [3.63, 3.8) is 0 Å². The first-order valence-corrected chi connectivity index (χ1v) is 5.80. The van der Waals surface area contributed by atoms with E-state index in [1.165, 1.54) is 0 Å². The summed E-state index contributed by atoms with van der Waals surface area (Å²) in [6, 6.07) is 0. The molecular weight excluding hydrogens is 309 g/mol. The van der Waals surface area contributed by atoms with Crippen molar-refractivity contribution in [3.8, 4) is 0 Å². The van der Waals surface area contributed by atoms with Gasteiger partial charge in [-0.15, -0.1) is 0 Å². The summed E-state index contributed by atoms with van der Waals surface area (Å²) in [4.78, 5) is 0. The van der Waals surface area contributed by atoms with E-state index in [2.05, 4.69) is 8.67 Å². The molecule has 0 atom stereocenters. The summed E-state index contributed by atoms with van der Waals surface area (Å²) in [5, 5.41) is 14.7. The fourth-order valence-electron chi connectivity index (χ4n) is 0.205. The zero-order valence-electron chi connectivity index (χ0n) is 8.74. The molecule has 0 rings (SSSR count). The third kappa shape index (κ3) is 29.6. The predicted molar refractivity (Wildman–Crippen MR) is 52.4 cm³/mol. The molecule has 13 nitrogen and oxygen atoms in total. The maximum absolute atomic E-state index is 9.51. The Morgan fingerprint density at radius 3 is 1.44 bits per heavy atom. The Balaban J connectivity index is -0.000000251. The summed E-state index contributed by atoms with van der Waals surface area (Å²) in [6.07, 6.45) is 0. The summed E-state index contributed by atoms with van der Waals surface area (Å²) in [7, 11) is -10.0. The standard InChI is InChI=1S/C2H6N5.Na.H2O8S2/c3-1(4)7-2(5)6;;1-9(2,3)7-8-10(4,5)6/h(H6-,3,4,5,6,7);;(H,1,2,3)(H,4,5,6)/q-1;+1;. The van der Waals surface area contributed by atoms with E-state index >= 15 is 0 Å². The number of nitrogens with two attached hydrogens (primary N) is 1. The SMILES string of the molecule is N=C([NH-])NC(=N)N.O=S(=O)(O)OOS(=O)(=O)O.[Na+]. The summed E-state index contributed by atoms with van der Waals surface area (Å²) in [5.74, 6) is -0.937. The van der Waals surface area contributed by atoms with Crippen molar-refractivity contribution in [2.45, 2.75) is 0 Å². The van der Waals surface area contributed by atoms with Crippen LogP contribution in [0.15, 0.2) is 0 Å². The molecule has 8 N–H and O–H groups in total. The molecule has 0 saturated heterocycles.